The Balaban J connectivity index is 2.51. The molecule has 0 bridgehead atoms. The van der Waals surface area contributed by atoms with Crippen molar-refractivity contribution in [1.29, 1.82) is 0 Å². The van der Waals surface area contributed by atoms with Gasteiger partial charge in [0.2, 0.25) is 0 Å². The lowest BCUT2D eigenvalue weighted by atomic mass is 10.1. The number of nitrogens with zero attached hydrogens (tertiary/aromatic N) is 3. The Bertz CT molecular complexity index is 304. The zero-order valence-electron chi connectivity index (χ0n) is 9.40. The highest BCUT2D eigenvalue weighted by molar-refractivity contribution is 7.99. The maximum Gasteiger partial charge on any atom is 0.190 e. The molecule has 86 valence electrons. The Morgan fingerprint density at radius 1 is 1.67 bits per heavy atom. The number of aryl methyl sites for hydroxylation is 1. The van der Waals surface area contributed by atoms with Gasteiger partial charge in [0.25, 0.3) is 0 Å². The summed E-state index contributed by atoms with van der Waals surface area (Å²) in [6.45, 7) is 4.99. The van der Waals surface area contributed by atoms with Crippen LogP contribution in [-0.2, 0) is 7.05 Å². The number of aliphatic hydroxyl groups is 1. The van der Waals surface area contributed by atoms with Crippen LogP contribution in [0.25, 0.3) is 0 Å². The number of aliphatic hydroxyl groups excluding tert-OH is 1. The van der Waals surface area contributed by atoms with E-state index in [2.05, 4.69) is 15.5 Å². The molecule has 0 fully saturated rings. The van der Waals surface area contributed by atoms with Crippen molar-refractivity contribution in [3.8, 4) is 0 Å². The highest BCUT2D eigenvalue weighted by atomic mass is 32.2. The highest BCUT2D eigenvalue weighted by Gasteiger charge is 2.22. The summed E-state index contributed by atoms with van der Waals surface area (Å²) in [5.74, 6) is 0.768. The van der Waals surface area contributed by atoms with Crippen LogP contribution in [0.15, 0.2) is 11.5 Å². The van der Waals surface area contributed by atoms with Crippen molar-refractivity contribution in [2.75, 3.05) is 18.9 Å². The molecule has 1 rings (SSSR count). The first-order valence-electron chi connectivity index (χ1n) is 4.94. The summed E-state index contributed by atoms with van der Waals surface area (Å²) in [5, 5.41) is 21.2. The minimum atomic E-state index is -0.259. The van der Waals surface area contributed by atoms with Gasteiger partial charge >= 0.3 is 0 Å². The number of likely N-dealkylation sites (N-methyl/N-ethyl adjacent to an activating group) is 1. The molecule has 1 unspecified atom stereocenters. The number of aromatic nitrogens is 3. The van der Waals surface area contributed by atoms with Crippen LogP contribution < -0.4 is 5.32 Å². The number of rotatable bonds is 6. The standard InChI is InChI=1S/C9H18N4OS/c1-4-10-9(2,5-14)6-15-8-12-11-7-13(8)3/h7,10,14H,4-6H2,1-3H3. The van der Waals surface area contributed by atoms with Crippen molar-refractivity contribution < 1.29 is 5.11 Å². The normalized spacial score (nSPS) is 15.2. The zero-order valence-corrected chi connectivity index (χ0v) is 10.2. The van der Waals surface area contributed by atoms with Gasteiger partial charge in [-0.1, -0.05) is 18.7 Å². The van der Waals surface area contributed by atoms with Gasteiger partial charge in [0, 0.05) is 18.3 Å². The molecular formula is C9H18N4OS. The fourth-order valence-corrected chi connectivity index (χ4v) is 2.20. The molecule has 0 amide bonds. The molecule has 0 aromatic carbocycles. The fraction of sp³-hybridized carbons (Fsp3) is 0.778. The largest absolute Gasteiger partial charge is 0.394 e. The first-order chi connectivity index (χ1) is 7.11. The van der Waals surface area contributed by atoms with Crippen molar-refractivity contribution in [3.05, 3.63) is 6.33 Å². The van der Waals surface area contributed by atoms with Crippen molar-refractivity contribution in [2.45, 2.75) is 24.5 Å². The van der Waals surface area contributed by atoms with Crippen LogP contribution in [0.5, 0.6) is 0 Å². The second kappa shape index (κ2) is 5.48. The third-order valence-electron chi connectivity index (χ3n) is 2.14. The molecule has 1 heterocycles. The minimum absolute atomic E-state index is 0.117. The second-order valence-corrected chi connectivity index (χ2v) is 4.70. The molecule has 0 saturated carbocycles. The van der Waals surface area contributed by atoms with Gasteiger partial charge in [-0.3, -0.25) is 0 Å². The number of hydrogen-bond acceptors (Lipinski definition) is 5. The molecule has 0 aliphatic heterocycles. The maximum absolute atomic E-state index is 9.30. The van der Waals surface area contributed by atoms with Crippen LogP contribution in [0.2, 0.25) is 0 Å². The summed E-state index contributed by atoms with van der Waals surface area (Å²) in [6.07, 6.45) is 1.67. The molecule has 5 nitrogen and oxygen atoms in total. The van der Waals surface area contributed by atoms with Gasteiger partial charge in [-0.05, 0) is 13.5 Å². The average Bonchev–Trinajstić information content (AvgIpc) is 2.62. The average molecular weight is 230 g/mol. The predicted molar refractivity (Wildman–Crippen MR) is 60.9 cm³/mol. The zero-order chi connectivity index (χ0) is 11.3. The van der Waals surface area contributed by atoms with Gasteiger partial charge < -0.3 is 15.0 Å². The molecule has 0 aliphatic rings. The maximum atomic E-state index is 9.30. The summed E-state index contributed by atoms with van der Waals surface area (Å²) in [6, 6.07) is 0. The number of nitrogens with one attached hydrogen (secondary N) is 1. The number of thioether (sulfide) groups is 1. The molecule has 1 atom stereocenters. The Kier molecular flexibility index (Phi) is 4.56. The van der Waals surface area contributed by atoms with Crippen molar-refractivity contribution in [2.24, 2.45) is 7.05 Å². The monoisotopic (exact) mass is 230 g/mol. The van der Waals surface area contributed by atoms with E-state index in [4.69, 9.17) is 0 Å². The van der Waals surface area contributed by atoms with Crippen LogP contribution in [0.3, 0.4) is 0 Å². The highest BCUT2D eigenvalue weighted by Crippen LogP contribution is 2.19. The first kappa shape index (κ1) is 12.5. The molecular weight excluding hydrogens is 212 g/mol. The smallest absolute Gasteiger partial charge is 0.190 e. The van der Waals surface area contributed by atoms with Gasteiger partial charge in [0.1, 0.15) is 6.33 Å². The minimum Gasteiger partial charge on any atom is -0.394 e. The van der Waals surface area contributed by atoms with Crippen LogP contribution in [0, 0.1) is 0 Å². The molecule has 1 aromatic heterocycles. The Hall–Kier alpha value is -0.590. The van der Waals surface area contributed by atoms with E-state index in [0.29, 0.717) is 0 Å². The van der Waals surface area contributed by atoms with E-state index in [-0.39, 0.29) is 12.1 Å². The molecule has 2 N–H and O–H groups in total. The van der Waals surface area contributed by atoms with E-state index in [1.807, 2.05) is 25.5 Å². The SMILES string of the molecule is CCNC(C)(CO)CSc1nncn1C. The quantitative estimate of drug-likeness (QED) is 0.687. The Morgan fingerprint density at radius 2 is 2.40 bits per heavy atom. The van der Waals surface area contributed by atoms with Crippen LogP contribution >= 0.6 is 11.8 Å². The lowest BCUT2D eigenvalue weighted by molar-refractivity contribution is 0.194. The molecule has 0 saturated heterocycles. The Labute approximate surface area is 94.3 Å². The summed E-state index contributed by atoms with van der Waals surface area (Å²) < 4.78 is 1.87. The fourth-order valence-electron chi connectivity index (χ4n) is 1.21. The summed E-state index contributed by atoms with van der Waals surface area (Å²) in [7, 11) is 1.91. The molecule has 0 radical (unpaired) electrons. The topological polar surface area (TPSA) is 63.0 Å². The van der Waals surface area contributed by atoms with Gasteiger partial charge in [-0.2, -0.15) is 0 Å². The van der Waals surface area contributed by atoms with Crippen molar-refractivity contribution in [3.63, 3.8) is 0 Å². The van der Waals surface area contributed by atoms with Gasteiger partial charge in [-0.25, -0.2) is 0 Å². The van der Waals surface area contributed by atoms with E-state index in [1.165, 1.54) is 0 Å². The lowest BCUT2D eigenvalue weighted by Gasteiger charge is -2.27. The summed E-state index contributed by atoms with van der Waals surface area (Å²) >= 11 is 1.59. The third kappa shape index (κ3) is 3.48. The van der Waals surface area contributed by atoms with Crippen LogP contribution in [0.1, 0.15) is 13.8 Å². The number of hydrogen-bond donors (Lipinski definition) is 2. The second-order valence-electron chi connectivity index (χ2n) is 3.76. The van der Waals surface area contributed by atoms with E-state index in [0.717, 1.165) is 17.5 Å². The third-order valence-corrected chi connectivity index (χ3v) is 3.55. The molecule has 0 spiro atoms. The Morgan fingerprint density at radius 3 is 2.87 bits per heavy atom. The van der Waals surface area contributed by atoms with Gasteiger partial charge in [-0.15, -0.1) is 10.2 Å². The van der Waals surface area contributed by atoms with E-state index < -0.39 is 0 Å². The van der Waals surface area contributed by atoms with Crippen molar-refractivity contribution in [1.82, 2.24) is 20.1 Å². The lowest BCUT2D eigenvalue weighted by Crippen LogP contribution is -2.47. The van der Waals surface area contributed by atoms with Gasteiger partial charge in [0.15, 0.2) is 5.16 Å². The van der Waals surface area contributed by atoms with E-state index in [9.17, 15) is 5.11 Å². The molecule has 15 heavy (non-hydrogen) atoms. The van der Waals surface area contributed by atoms with Crippen molar-refractivity contribution >= 4 is 11.8 Å². The first-order valence-corrected chi connectivity index (χ1v) is 5.92. The molecule has 1 aromatic rings. The summed E-state index contributed by atoms with van der Waals surface area (Å²) in [4.78, 5) is 0. The van der Waals surface area contributed by atoms with E-state index in [1.54, 1.807) is 18.1 Å². The molecule has 6 heteroatoms. The predicted octanol–water partition coefficient (Wildman–Crippen LogP) is 0.268. The van der Waals surface area contributed by atoms with Gasteiger partial charge in [0.05, 0.1) is 6.61 Å². The van der Waals surface area contributed by atoms with Crippen LogP contribution in [0.4, 0.5) is 0 Å². The van der Waals surface area contributed by atoms with E-state index >= 15 is 0 Å². The summed E-state index contributed by atoms with van der Waals surface area (Å²) in [5.41, 5.74) is -0.259. The van der Waals surface area contributed by atoms with Crippen LogP contribution in [-0.4, -0.2) is 44.3 Å². The molecule has 0 aliphatic carbocycles.